The molecule has 0 bridgehead atoms. The van der Waals surface area contributed by atoms with Crippen LogP contribution in [0.5, 0.6) is 5.75 Å². The predicted molar refractivity (Wildman–Crippen MR) is 124 cm³/mol. The smallest absolute Gasteiger partial charge is 0.255 e. The molecule has 0 radical (unpaired) electrons. The summed E-state index contributed by atoms with van der Waals surface area (Å²) in [6.07, 6.45) is 0.955. The molecule has 8 heteroatoms. The Labute approximate surface area is 206 Å². The molecule has 2 fully saturated rings. The number of amides is 3. The van der Waals surface area contributed by atoms with Crippen LogP contribution in [0, 0.1) is 0 Å². The lowest BCUT2D eigenvalue weighted by Crippen LogP contribution is -2.49. The van der Waals surface area contributed by atoms with Gasteiger partial charge in [-0.15, -0.1) is 0 Å². The number of fused-ring (bicyclic) bond motifs is 1. The highest BCUT2D eigenvalue weighted by Gasteiger charge is 2.39. The molecule has 34 heavy (non-hydrogen) atoms. The van der Waals surface area contributed by atoms with E-state index in [1.54, 1.807) is 12.1 Å². The normalized spacial score (nSPS) is 24.8. The number of ether oxygens (including phenoxy) is 2. The second kappa shape index (κ2) is 9.30. The van der Waals surface area contributed by atoms with Crippen LogP contribution in [-0.4, -0.2) is 53.3 Å². The molecule has 3 aliphatic rings. The van der Waals surface area contributed by atoms with E-state index in [0.717, 1.165) is 4.90 Å². The number of hydrogen-bond acceptors (Lipinski definition) is 5. The summed E-state index contributed by atoms with van der Waals surface area (Å²) in [6.45, 7) is 0.666. The lowest BCUT2D eigenvalue weighted by Gasteiger charge is -2.31. The van der Waals surface area contributed by atoms with E-state index < -0.39 is 49.2 Å². The van der Waals surface area contributed by atoms with Crippen LogP contribution in [0.4, 0.5) is 0 Å². The number of hydrogen-bond donors (Lipinski definition) is 1. The number of piperidine rings is 1. The van der Waals surface area contributed by atoms with Gasteiger partial charge in [0.1, 0.15) is 25.0 Å². The van der Waals surface area contributed by atoms with E-state index in [1.807, 2.05) is 0 Å². The maximum absolute atomic E-state index is 13.1. The largest absolute Gasteiger partial charge is 0.489 e. The molecule has 1 N–H and O–H groups in total. The lowest BCUT2D eigenvalue weighted by atomic mass is 10.0. The van der Waals surface area contributed by atoms with Crippen molar-refractivity contribution in [3.8, 4) is 5.75 Å². The summed E-state index contributed by atoms with van der Waals surface area (Å²) in [4.78, 5) is 40.4. The zero-order valence-corrected chi connectivity index (χ0v) is 18.3. The minimum Gasteiger partial charge on any atom is -0.489 e. The van der Waals surface area contributed by atoms with Gasteiger partial charge in [-0.2, -0.15) is 0 Å². The van der Waals surface area contributed by atoms with E-state index in [4.69, 9.17) is 17.7 Å². The number of morpholine rings is 1. The summed E-state index contributed by atoms with van der Waals surface area (Å²) in [5.74, 6) is -1.03. The van der Waals surface area contributed by atoms with Gasteiger partial charge >= 0.3 is 0 Å². The first-order chi connectivity index (χ1) is 19.0. The highest BCUT2D eigenvalue weighted by atomic mass is 16.5. The fraction of sp³-hybridized carbons (Fsp3) is 0.346. The van der Waals surface area contributed by atoms with Crippen LogP contribution in [0.25, 0.3) is 0 Å². The number of carbonyl (C=O) groups excluding carboxylic acids is 3. The second-order valence-corrected chi connectivity index (χ2v) is 8.19. The van der Waals surface area contributed by atoms with E-state index in [2.05, 4.69) is 11.9 Å². The molecule has 2 aromatic rings. The standard InChI is InChI=1S/C26H27N3O5/c1-17-5-10-22(25(31)27-17)29-14-21-20(26(29)32)3-2-4-23(21)34-15-19-8-6-18(7-9-19)13-28-11-12-33-16-24(28)30/h2-4,6-9,22H,1,5,10-16H2,(H,27,31)/i6D,7D,8D,9D,13D,15D. The Morgan fingerprint density at radius 1 is 1.21 bits per heavy atom. The Kier molecular flexibility index (Phi) is 4.39. The first-order valence-electron chi connectivity index (χ1n) is 14.1. The summed E-state index contributed by atoms with van der Waals surface area (Å²) < 4.78 is 61.9. The van der Waals surface area contributed by atoms with Crippen LogP contribution in [0.2, 0.25) is 0 Å². The monoisotopic (exact) mass is 467 g/mol. The number of allylic oxidation sites excluding steroid dienone is 1. The van der Waals surface area contributed by atoms with Gasteiger partial charge in [-0.25, -0.2) is 0 Å². The van der Waals surface area contributed by atoms with Gasteiger partial charge in [0.15, 0.2) is 0 Å². The van der Waals surface area contributed by atoms with Crippen molar-refractivity contribution in [1.82, 2.24) is 15.1 Å². The summed E-state index contributed by atoms with van der Waals surface area (Å²) in [6, 6.07) is 1.81. The third-order valence-electron chi connectivity index (χ3n) is 5.93. The molecule has 5 rings (SSSR count). The quantitative estimate of drug-likeness (QED) is 0.705. The number of rotatable bonds is 6. The molecule has 3 aliphatic heterocycles. The number of nitrogens with zero attached hydrogens (tertiary/aromatic N) is 2. The SMILES string of the molecule is [2H]c1c([2H])c(C([2H])N2CCOCC2=O)c([2H])c([2H])c1C([2H])Oc1cccc2c1CN(C1CCC(=C)NC1=O)C2=O. The maximum Gasteiger partial charge on any atom is 0.255 e. The zero-order chi connectivity index (χ0) is 28.9. The van der Waals surface area contributed by atoms with E-state index in [1.165, 1.54) is 11.0 Å². The van der Waals surface area contributed by atoms with Crippen molar-refractivity contribution < 1.29 is 32.1 Å². The second-order valence-electron chi connectivity index (χ2n) is 8.19. The van der Waals surface area contributed by atoms with Crippen LogP contribution >= 0.6 is 0 Å². The van der Waals surface area contributed by atoms with Gasteiger partial charge < -0.3 is 24.6 Å². The van der Waals surface area contributed by atoms with Crippen molar-refractivity contribution in [3.63, 3.8) is 0 Å². The Morgan fingerprint density at radius 3 is 2.76 bits per heavy atom. The third-order valence-corrected chi connectivity index (χ3v) is 5.93. The molecule has 3 heterocycles. The van der Waals surface area contributed by atoms with Gasteiger partial charge in [0.25, 0.3) is 5.91 Å². The molecule has 3 amide bonds. The molecule has 2 saturated heterocycles. The van der Waals surface area contributed by atoms with Gasteiger partial charge in [0, 0.05) is 29.9 Å². The lowest BCUT2D eigenvalue weighted by molar-refractivity contribution is -0.143. The molecular formula is C26H27N3O5. The molecule has 0 saturated carbocycles. The number of carbonyl (C=O) groups is 3. The Balaban J connectivity index is 1.42. The minimum absolute atomic E-state index is 0.0590. The topological polar surface area (TPSA) is 88.2 Å². The van der Waals surface area contributed by atoms with Crippen molar-refractivity contribution in [1.29, 1.82) is 0 Å². The summed E-state index contributed by atoms with van der Waals surface area (Å²) in [5, 5.41) is 2.67. The molecule has 0 spiro atoms. The average molecular weight is 468 g/mol. The van der Waals surface area contributed by atoms with Crippen LogP contribution in [0.15, 0.2) is 54.6 Å². The van der Waals surface area contributed by atoms with Crippen LogP contribution in [0.3, 0.4) is 0 Å². The van der Waals surface area contributed by atoms with Crippen molar-refractivity contribution >= 4 is 17.7 Å². The Bertz CT molecular complexity index is 1410. The Hall–Kier alpha value is -3.65. The van der Waals surface area contributed by atoms with E-state index in [-0.39, 0.29) is 55.0 Å². The molecular weight excluding hydrogens is 434 g/mol. The Morgan fingerprint density at radius 2 is 2.00 bits per heavy atom. The maximum atomic E-state index is 13.1. The van der Waals surface area contributed by atoms with Gasteiger partial charge in [0.2, 0.25) is 11.8 Å². The van der Waals surface area contributed by atoms with E-state index in [9.17, 15) is 14.4 Å². The number of benzene rings is 2. The first kappa shape index (κ1) is 16.1. The van der Waals surface area contributed by atoms with E-state index in [0.29, 0.717) is 29.7 Å². The van der Waals surface area contributed by atoms with Gasteiger partial charge in [-0.3, -0.25) is 14.4 Å². The zero-order valence-electron chi connectivity index (χ0n) is 24.3. The van der Waals surface area contributed by atoms with Crippen molar-refractivity contribution in [2.75, 3.05) is 19.8 Å². The minimum atomic E-state index is -1.70. The molecule has 0 aromatic heterocycles. The number of nitrogens with one attached hydrogen (secondary N) is 1. The molecule has 176 valence electrons. The fourth-order valence-corrected chi connectivity index (χ4v) is 4.15. The third kappa shape index (κ3) is 4.41. The van der Waals surface area contributed by atoms with Crippen LogP contribution in [0.1, 0.15) is 48.1 Å². The summed E-state index contributed by atoms with van der Waals surface area (Å²) >= 11 is 0. The highest BCUT2D eigenvalue weighted by molar-refractivity contribution is 6.02. The highest BCUT2D eigenvalue weighted by Crippen LogP contribution is 2.34. The van der Waals surface area contributed by atoms with Crippen molar-refractivity contribution in [2.45, 2.75) is 38.5 Å². The van der Waals surface area contributed by atoms with Gasteiger partial charge in [-0.1, -0.05) is 36.8 Å². The van der Waals surface area contributed by atoms with Gasteiger partial charge in [-0.05, 0) is 36.1 Å². The van der Waals surface area contributed by atoms with Crippen LogP contribution < -0.4 is 10.1 Å². The summed E-state index contributed by atoms with van der Waals surface area (Å²) in [7, 11) is 0. The van der Waals surface area contributed by atoms with Crippen molar-refractivity contribution in [2.24, 2.45) is 0 Å². The molecule has 3 atom stereocenters. The molecule has 8 nitrogen and oxygen atoms in total. The fourth-order valence-electron chi connectivity index (χ4n) is 4.15. The first-order valence-corrected chi connectivity index (χ1v) is 10.9. The molecule has 0 aliphatic carbocycles. The van der Waals surface area contributed by atoms with Crippen molar-refractivity contribution in [3.05, 3.63) is 76.9 Å². The molecule has 2 aromatic carbocycles. The van der Waals surface area contributed by atoms with Crippen LogP contribution in [-0.2, 0) is 34.0 Å². The van der Waals surface area contributed by atoms with E-state index >= 15 is 0 Å². The summed E-state index contributed by atoms with van der Waals surface area (Å²) in [5.41, 5.74) is 0.722. The molecule has 3 unspecified atom stereocenters. The predicted octanol–water partition coefficient (Wildman–Crippen LogP) is 2.37. The average Bonchev–Trinajstić information content (AvgIpc) is 3.25. The van der Waals surface area contributed by atoms with Gasteiger partial charge in [0.05, 0.1) is 21.4 Å².